The Morgan fingerprint density at radius 2 is 1.79 bits per heavy atom. The first-order chi connectivity index (χ1) is 13.6. The Balaban J connectivity index is 1.66. The van der Waals surface area contributed by atoms with Gasteiger partial charge in [-0.05, 0) is 31.2 Å². The molecule has 0 aliphatic heterocycles. The van der Waals surface area contributed by atoms with Gasteiger partial charge in [0.1, 0.15) is 0 Å². The van der Waals surface area contributed by atoms with Gasteiger partial charge in [0.25, 0.3) is 5.91 Å². The molecular weight excluding hydrogens is 354 g/mol. The number of carbonyl (C=O) groups is 1. The zero-order chi connectivity index (χ0) is 19.5. The summed E-state index contributed by atoms with van der Waals surface area (Å²) in [7, 11) is 0. The molecule has 0 saturated heterocycles. The summed E-state index contributed by atoms with van der Waals surface area (Å²) in [5, 5.41) is 12.4. The van der Waals surface area contributed by atoms with Crippen molar-refractivity contribution in [2.45, 2.75) is 6.92 Å². The minimum absolute atomic E-state index is 0.0926. The molecule has 2 aromatic heterocycles. The van der Waals surface area contributed by atoms with Crippen LogP contribution in [0.5, 0.6) is 5.75 Å². The Hall–Kier alpha value is -3.93. The fraction of sp³-hybridized carbons (Fsp3) is 0.0455. The van der Waals surface area contributed by atoms with Crippen molar-refractivity contribution >= 4 is 11.7 Å². The zero-order valence-corrected chi connectivity index (χ0v) is 15.1. The minimum Gasteiger partial charge on any atom is -0.504 e. The maximum atomic E-state index is 12.7. The second-order valence-corrected chi connectivity index (χ2v) is 6.27. The van der Waals surface area contributed by atoms with Crippen LogP contribution < -0.4 is 5.32 Å². The second kappa shape index (κ2) is 7.36. The topological polar surface area (TPSA) is 88.2 Å². The molecule has 4 rings (SSSR count). The summed E-state index contributed by atoms with van der Waals surface area (Å²) < 4.78 is 5.90. The van der Waals surface area contributed by atoms with Crippen molar-refractivity contribution < 1.29 is 14.3 Å². The molecule has 0 fully saturated rings. The summed E-state index contributed by atoms with van der Waals surface area (Å²) in [6, 6.07) is 17.9. The first-order valence-electron chi connectivity index (χ1n) is 8.69. The Labute approximate surface area is 161 Å². The third-order valence-corrected chi connectivity index (χ3v) is 4.26. The molecule has 0 bridgehead atoms. The van der Waals surface area contributed by atoms with Crippen molar-refractivity contribution in [1.82, 2.24) is 9.97 Å². The van der Waals surface area contributed by atoms with Gasteiger partial charge >= 0.3 is 0 Å². The van der Waals surface area contributed by atoms with Crippen LogP contribution in [0.25, 0.3) is 22.8 Å². The highest BCUT2D eigenvalue weighted by Gasteiger charge is 2.18. The summed E-state index contributed by atoms with van der Waals surface area (Å²) >= 11 is 0. The second-order valence-electron chi connectivity index (χ2n) is 6.27. The van der Waals surface area contributed by atoms with Gasteiger partial charge in [-0.15, -0.1) is 0 Å². The van der Waals surface area contributed by atoms with E-state index in [1.54, 1.807) is 36.5 Å². The van der Waals surface area contributed by atoms with Crippen LogP contribution in [-0.2, 0) is 0 Å². The molecule has 1 amide bonds. The number of hydrogen-bond donors (Lipinski definition) is 2. The van der Waals surface area contributed by atoms with E-state index < -0.39 is 5.91 Å². The maximum Gasteiger partial charge on any atom is 0.257 e. The van der Waals surface area contributed by atoms with Gasteiger partial charge in [0.15, 0.2) is 17.3 Å². The summed E-state index contributed by atoms with van der Waals surface area (Å²) in [6.07, 6.45) is 3.13. The molecule has 6 nitrogen and oxygen atoms in total. The lowest BCUT2D eigenvalue weighted by molar-refractivity contribution is 0.102. The van der Waals surface area contributed by atoms with E-state index in [0.717, 1.165) is 11.1 Å². The molecule has 0 unspecified atom stereocenters. The van der Waals surface area contributed by atoms with Crippen LogP contribution in [0, 0.1) is 6.92 Å². The lowest BCUT2D eigenvalue weighted by atomic mass is 10.1. The highest BCUT2D eigenvalue weighted by molar-refractivity contribution is 6.08. The summed E-state index contributed by atoms with van der Waals surface area (Å²) in [5.41, 5.74) is 2.98. The van der Waals surface area contributed by atoms with Crippen LogP contribution >= 0.6 is 0 Å². The van der Waals surface area contributed by atoms with Gasteiger partial charge in [-0.2, -0.15) is 0 Å². The van der Waals surface area contributed by atoms with Crippen LogP contribution in [0.3, 0.4) is 0 Å². The van der Waals surface area contributed by atoms with E-state index in [9.17, 15) is 9.90 Å². The molecule has 2 N–H and O–H groups in total. The molecule has 28 heavy (non-hydrogen) atoms. The number of aryl methyl sites for hydroxylation is 1. The number of rotatable bonds is 4. The number of anilines is 1. The number of oxazole rings is 1. The van der Waals surface area contributed by atoms with Crippen LogP contribution in [0.15, 0.2) is 77.5 Å². The van der Waals surface area contributed by atoms with E-state index in [1.807, 2.05) is 31.2 Å². The van der Waals surface area contributed by atoms with E-state index >= 15 is 0 Å². The number of pyridine rings is 1. The van der Waals surface area contributed by atoms with E-state index in [0.29, 0.717) is 22.8 Å². The highest BCUT2D eigenvalue weighted by atomic mass is 16.4. The summed E-state index contributed by atoms with van der Waals surface area (Å²) in [5.74, 6) is 0.528. The molecule has 6 heteroatoms. The van der Waals surface area contributed by atoms with E-state index in [-0.39, 0.29) is 11.6 Å². The molecule has 4 aromatic rings. The van der Waals surface area contributed by atoms with Crippen LogP contribution in [0.4, 0.5) is 5.82 Å². The smallest absolute Gasteiger partial charge is 0.257 e. The van der Waals surface area contributed by atoms with Crippen LogP contribution in [0.2, 0.25) is 0 Å². The molecule has 0 radical (unpaired) electrons. The summed E-state index contributed by atoms with van der Waals surface area (Å²) in [4.78, 5) is 21.1. The number of hydrogen-bond acceptors (Lipinski definition) is 5. The van der Waals surface area contributed by atoms with Crippen LogP contribution in [0.1, 0.15) is 15.9 Å². The van der Waals surface area contributed by atoms with Crippen molar-refractivity contribution in [3.8, 4) is 28.5 Å². The van der Waals surface area contributed by atoms with Gasteiger partial charge in [-0.3, -0.25) is 4.79 Å². The number of aromatic hydroxyl groups is 1. The van der Waals surface area contributed by atoms with Gasteiger partial charge in [-0.25, -0.2) is 9.97 Å². The number of carbonyl (C=O) groups excluding carboxylic acids is 1. The third kappa shape index (κ3) is 3.48. The molecule has 2 heterocycles. The molecule has 0 aliphatic carbocycles. The largest absolute Gasteiger partial charge is 0.504 e. The molecule has 0 atom stereocenters. The monoisotopic (exact) mass is 371 g/mol. The van der Waals surface area contributed by atoms with Gasteiger partial charge in [-0.1, -0.05) is 42.0 Å². The van der Waals surface area contributed by atoms with Crippen molar-refractivity contribution in [1.29, 1.82) is 0 Å². The molecule has 138 valence electrons. The van der Waals surface area contributed by atoms with E-state index in [2.05, 4.69) is 15.3 Å². The number of amides is 1. The van der Waals surface area contributed by atoms with Gasteiger partial charge in [0.2, 0.25) is 5.89 Å². The minimum atomic E-state index is -0.417. The third-order valence-electron chi connectivity index (χ3n) is 4.26. The normalized spacial score (nSPS) is 10.6. The quantitative estimate of drug-likeness (QED) is 0.544. The summed E-state index contributed by atoms with van der Waals surface area (Å²) in [6.45, 7) is 2.02. The average Bonchev–Trinajstić information content (AvgIpc) is 3.20. The Morgan fingerprint density at radius 1 is 1.00 bits per heavy atom. The molecule has 0 spiro atoms. The van der Waals surface area contributed by atoms with Gasteiger partial charge in [0, 0.05) is 17.3 Å². The predicted molar refractivity (Wildman–Crippen MR) is 106 cm³/mol. The number of benzene rings is 2. The highest BCUT2D eigenvalue weighted by Crippen LogP contribution is 2.29. The number of aromatic nitrogens is 2. The molecule has 0 saturated carbocycles. The zero-order valence-electron chi connectivity index (χ0n) is 15.1. The van der Waals surface area contributed by atoms with Crippen LogP contribution in [-0.4, -0.2) is 21.0 Å². The molecule has 0 aliphatic rings. The number of nitrogens with zero attached hydrogens (tertiary/aromatic N) is 2. The van der Waals surface area contributed by atoms with E-state index in [1.165, 1.54) is 12.3 Å². The standard InChI is InChI=1S/C22H17N3O3/c1-14-8-10-15(11-9-14)19-13-24-22(28-19)17-6-3-2-5-16(17)21(27)25-20-18(26)7-4-12-23-20/h2-13,26H,1H3,(H,23,25,27). The van der Waals surface area contributed by atoms with Crippen molar-refractivity contribution in [3.63, 3.8) is 0 Å². The predicted octanol–water partition coefficient (Wildman–Crippen LogP) is 4.67. The van der Waals surface area contributed by atoms with Crippen molar-refractivity contribution in [2.75, 3.05) is 5.32 Å². The number of nitrogens with one attached hydrogen (secondary N) is 1. The molecule has 2 aromatic carbocycles. The fourth-order valence-electron chi connectivity index (χ4n) is 2.79. The lowest BCUT2D eigenvalue weighted by Gasteiger charge is -2.08. The lowest BCUT2D eigenvalue weighted by Crippen LogP contribution is -2.14. The van der Waals surface area contributed by atoms with Gasteiger partial charge < -0.3 is 14.8 Å². The first-order valence-corrected chi connectivity index (χ1v) is 8.69. The van der Waals surface area contributed by atoms with Crippen molar-refractivity contribution in [3.05, 3.63) is 84.2 Å². The molecular formula is C22H17N3O3. The van der Waals surface area contributed by atoms with Crippen molar-refractivity contribution in [2.24, 2.45) is 0 Å². The Morgan fingerprint density at radius 3 is 2.57 bits per heavy atom. The SMILES string of the molecule is Cc1ccc(-c2cnc(-c3ccccc3C(=O)Nc3ncccc3O)o2)cc1. The fourth-order valence-corrected chi connectivity index (χ4v) is 2.79. The average molecular weight is 371 g/mol. The maximum absolute atomic E-state index is 12.7. The first kappa shape index (κ1) is 17.5. The Kier molecular flexibility index (Phi) is 4.60. The van der Waals surface area contributed by atoms with E-state index in [4.69, 9.17) is 4.42 Å². The Bertz CT molecular complexity index is 1130. The van der Waals surface area contributed by atoms with Gasteiger partial charge in [0.05, 0.1) is 11.8 Å².